The van der Waals surface area contributed by atoms with Crippen LogP contribution < -0.4 is 0 Å². The molecular formula is C12H10O2. The van der Waals surface area contributed by atoms with Crippen LogP contribution in [0, 0.1) is 11.8 Å². The summed E-state index contributed by atoms with van der Waals surface area (Å²) < 4.78 is 5.25. The quantitative estimate of drug-likeness (QED) is 0.692. The van der Waals surface area contributed by atoms with Crippen LogP contribution >= 0.6 is 0 Å². The van der Waals surface area contributed by atoms with Gasteiger partial charge in [0.05, 0.1) is 12.9 Å². The molecule has 2 nitrogen and oxygen atoms in total. The minimum Gasteiger partial charge on any atom is -0.464 e. The van der Waals surface area contributed by atoms with Gasteiger partial charge in [0.25, 0.3) is 0 Å². The second-order valence-electron chi connectivity index (χ2n) is 2.91. The van der Waals surface area contributed by atoms with E-state index < -0.39 is 0 Å². The SMILES string of the molecule is OCCC#Cc1cccc2occc12. The van der Waals surface area contributed by atoms with Gasteiger partial charge in [0.15, 0.2) is 0 Å². The lowest BCUT2D eigenvalue weighted by Gasteiger charge is -1.91. The van der Waals surface area contributed by atoms with E-state index in [0.29, 0.717) is 6.42 Å². The summed E-state index contributed by atoms with van der Waals surface area (Å²) in [6.45, 7) is 0.106. The van der Waals surface area contributed by atoms with Crippen molar-refractivity contribution < 1.29 is 9.52 Å². The van der Waals surface area contributed by atoms with E-state index in [2.05, 4.69) is 11.8 Å². The predicted molar refractivity (Wildman–Crippen MR) is 54.8 cm³/mol. The number of aliphatic hydroxyl groups excluding tert-OH is 1. The van der Waals surface area contributed by atoms with Gasteiger partial charge in [0, 0.05) is 17.4 Å². The molecule has 0 saturated heterocycles. The van der Waals surface area contributed by atoms with Crippen LogP contribution in [-0.4, -0.2) is 11.7 Å². The third-order valence-corrected chi connectivity index (χ3v) is 1.96. The van der Waals surface area contributed by atoms with Crippen molar-refractivity contribution in [1.82, 2.24) is 0 Å². The van der Waals surface area contributed by atoms with E-state index in [-0.39, 0.29) is 6.61 Å². The van der Waals surface area contributed by atoms with Gasteiger partial charge in [-0.1, -0.05) is 17.9 Å². The molecular weight excluding hydrogens is 176 g/mol. The van der Waals surface area contributed by atoms with Crippen LogP contribution in [0.2, 0.25) is 0 Å². The van der Waals surface area contributed by atoms with E-state index >= 15 is 0 Å². The van der Waals surface area contributed by atoms with Crippen molar-refractivity contribution in [2.75, 3.05) is 6.61 Å². The summed E-state index contributed by atoms with van der Waals surface area (Å²) in [4.78, 5) is 0. The highest BCUT2D eigenvalue weighted by Gasteiger charge is 1.99. The molecule has 1 aromatic heterocycles. The first-order chi connectivity index (χ1) is 6.92. The molecule has 2 aromatic rings. The largest absolute Gasteiger partial charge is 0.464 e. The summed E-state index contributed by atoms with van der Waals surface area (Å²) in [5, 5.41) is 9.62. The van der Waals surface area contributed by atoms with Crippen LogP contribution in [0.25, 0.3) is 11.0 Å². The van der Waals surface area contributed by atoms with Gasteiger partial charge in [-0.3, -0.25) is 0 Å². The fourth-order valence-corrected chi connectivity index (χ4v) is 1.32. The van der Waals surface area contributed by atoms with E-state index in [1.807, 2.05) is 24.3 Å². The standard InChI is InChI=1S/C12H10O2/c13-8-2-1-4-10-5-3-6-12-11(10)7-9-14-12/h3,5-7,9,13H,2,8H2. The highest BCUT2D eigenvalue weighted by molar-refractivity contribution is 5.83. The number of furan rings is 1. The molecule has 0 aliphatic heterocycles. The van der Waals surface area contributed by atoms with Crippen LogP contribution in [0.15, 0.2) is 34.9 Å². The molecule has 0 amide bonds. The lowest BCUT2D eigenvalue weighted by atomic mass is 10.1. The molecule has 0 fully saturated rings. The summed E-state index contributed by atoms with van der Waals surface area (Å²) in [7, 11) is 0. The molecule has 0 unspecified atom stereocenters. The van der Waals surface area contributed by atoms with Gasteiger partial charge in [0.2, 0.25) is 0 Å². The Kier molecular flexibility index (Phi) is 2.53. The fourth-order valence-electron chi connectivity index (χ4n) is 1.32. The molecule has 0 radical (unpaired) electrons. The van der Waals surface area contributed by atoms with E-state index in [4.69, 9.17) is 9.52 Å². The number of fused-ring (bicyclic) bond motifs is 1. The highest BCUT2D eigenvalue weighted by Crippen LogP contribution is 2.18. The van der Waals surface area contributed by atoms with Crippen LogP contribution in [0.5, 0.6) is 0 Å². The Morgan fingerprint density at radius 3 is 3.07 bits per heavy atom. The average molecular weight is 186 g/mol. The van der Waals surface area contributed by atoms with Crippen LogP contribution in [0.4, 0.5) is 0 Å². The van der Waals surface area contributed by atoms with Crippen molar-refractivity contribution in [3.05, 3.63) is 36.1 Å². The van der Waals surface area contributed by atoms with E-state index in [1.165, 1.54) is 0 Å². The second-order valence-corrected chi connectivity index (χ2v) is 2.91. The molecule has 1 N–H and O–H groups in total. The molecule has 70 valence electrons. The molecule has 0 saturated carbocycles. The maximum atomic E-state index is 8.60. The third-order valence-electron chi connectivity index (χ3n) is 1.96. The highest BCUT2D eigenvalue weighted by atomic mass is 16.3. The van der Waals surface area contributed by atoms with E-state index in [0.717, 1.165) is 16.5 Å². The van der Waals surface area contributed by atoms with Gasteiger partial charge >= 0.3 is 0 Å². The van der Waals surface area contributed by atoms with Crippen LogP contribution in [0.3, 0.4) is 0 Å². The smallest absolute Gasteiger partial charge is 0.135 e. The zero-order chi connectivity index (χ0) is 9.80. The predicted octanol–water partition coefficient (Wildman–Crippen LogP) is 2.17. The third kappa shape index (κ3) is 1.63. The van der Waals surface area contributed by atoms with Crippen molar-refractivity contribution in [2.45, 2.75) is 6.42 Å². The molecule has 0 spiro atoms. The summed E-state index contributed by atoms with van der Waals surface area (Å²) in [6.07, 6.45) is 2.16. The topological polar surface area (TPSA) is 33.4 Å². The van der Waals surface area contributed by atoms with Crippen LogP contribution in [-0.2, 0) is 0 Å². The molecule has 14 heavy (non-hydrogen) atoms. The van der Waals surface area contributed by atoms with E-state index in [9.17, 15) is 0 Å². The van der Waals surface area contributed by atoms with Gasteiger partial charge in [-0.15, -0.1) is 0 Å². The Labute approximate surface area is 82.2 Å². The number of hydrogen-bond acceptors (Lipinski definition) is 2. The first-order valence-electron chi connectivity index (χ1n) is 4.48. The summed E-state index contributed by atoms with van der Waals surface area (Å²) in [6, 6.07) is 7.67. The Bertz CT molecular complexity index is 485. The Hall–Kier alpha value is -1.72. The lowest BCUT2D eigenvalue weighted by Crippen LogP contribution is -1.78. The lowest BCUT2D eigenvalue weighted by molar-refractivity contribution is 0.305. The second kappa shape index (κ2) is 3.99. The zero-order valence-corrected chi connectivity index (χ0v) is 7.66. The van der Waals surface area contributed by atoms with Crippen LogP contribution in [0.1, 0.15) is 12.0 Å². The maximum absolute atomic E-state index is 8.60. The molecule has 1 aromatic carbocycles. The Morgan fingerprint density at radius 1 is 1.29 bits per heavy atom. The molecule has 1 heterocycles. The Balaban J connectivity index is 2.43. The first-order valence-corrected chi connectivity index (χ1v) is 4.48. The summed E-state index contributed by atoms with van der Waals surface area (Å²) >= 11 is 0. The number of hydrogen-bond donors (Lipinski definition) is 1. The van der Waals surface area contributed by atoms with Gasteiger partial charge in [-0.2, -0.15) is 0 Å². The molecule has 0 bridgehead atoms. The van der Waals surface area contributed by atoms with Crippen molar-refractivity contribution in [2.24, 2.45) is 0 Å². The summed E-state index contributed by atoms with van der Waals surface area (Å²) in [5.41, 5.74) is 1.80. The molecule has 0 atom stereocenters. The van der Waals surface area contributed by atoms with Crippen molar-refractivity contribution >= 4 is 11.0 Å². The minimum atomic E-state index is 0.106. The fraction of sp³-hybridized carbons (Fsp3) is 0.167. The zero-order valence-electron chi connectivity index (χ0n) is 7.66. The monoisotopic (exact) mass is 186 g/mol. The van der Waals surface area contributed by atoms with Gasteiger partial charge < -0.3 is 9.52 Å². The first kappa shape index (κ1) is 8.86. The number of benzene rings is 1. The van der Waals surface area contributed by atoms with Gasteiger partial charge in [0.1, 0.15) is 5.58 Å². The average Bonchev–Trinajstić information content (AvgIpc) is 2.67. The minimum absolute atomic E-state index is 0.106. The molecule has 2 heteroatoms. The van der Waals surface area contributed by atoms with Gasteiger partial charge in [-0.25, -0.2) is 0 Å². The maximum Gasteiger partial charge on any atom is 0.135 e. The molecule has 0 aliphatic carbocycles. The number of rotatable bonds is 1. The van der Waals surface area contributed by atoms with Gasteiger partial charge in [-0.05, 0) is 18.2 Å². The number of aliphatic hydroxyl groups is 1. The van der Waals surface area contributed by atoms with Crippen molar-refractivity contribution in [3.63, 3.8) is 0 Å². The normalized spacial score (nSPS) is 9.79. The van der Waals surface area contributed by atoms with E-state index in [1.54, 1.807) is 6.26 Å². The molecule has 0 aliphatic rings. The Morgan fingerprint density at radius 2 is 2.21 bits per heavy atom. The summed E-state index contributed by atoms with van der Waals surface area (Å²) in [5.74, 6) is 5.90. The van der Waals surface area contributed by atoms with Crippen molar-refractivity contribution in [3.8, 4) is 11.8 Å². The molecule has 2 rings (SSSR count). The van der Waals surface area contributed by atoms with Crippen molar-refractivity contribution in [1.29, 1.82) is 0 Å².